The number of benzene rings is 2. The zero-order valence-corrected chi connectivity index (χ0v) is 18.8. The molecule has 0 saturated carbocycles. The normalized spacial score (nSPS) is 16.0. The van der Waals surface area contributed by atoms with E-state index in [1.54, 1.807) is 22.9 Å². The number of hydrogen-bond donors (Lipinski definition) is 2. The predicted octanol–water partition coefficient (Wildman–Crippen LogP) is 3.39. The summed E-state index contributed by atoms with van der Waals surface area (Å²) in [5.74, 6) is -0.489. The smallest absolute Gasteiger partial charge is 0.241 e. The molecule has 2 aromatic carbocycles. The molecule has 0 fully saturated rings. The first-order valence-electron chi connectivity index (χ1n) is 9.70. The Hall–Kier alpha value is -2.71. The Bertz CT molecular complexity index is 979. The third-order valence-electron chi connectivity index (χ3n) is 4.89. The van der Waals surface area contributed by atoms with E-state index in [1.165, 1.54) is 0 Å². The third-order valence-corrected chi connectivity index (χ3v) is 5.78. The Labute approximate surface area is 184 Å². The number of anilines is 3. The monoisotopic (exact) mass is 472 g/mol. The fourth-order valence-electron chi connectivity index (χ4n) is 3.50. The van der Waals surface area contributed by atoms with Crippen molar-refractivity contribution >= 4 is 50.7 Å². The van der Waals surface area contributed by atoms with Crippen LogP contribution in [0.25, 0.3) is 0 Å². The first-order valence-corrected chi connectivity index (χ1v) is 10.5. The first kappa shape index (κ1) is 22.0. The van der Waals surface area contributed by atoms with Crippen molar-refractivity contribution in [2.45, 2.75) is 26.3 Å². The first-order chi connectivity index (χ1) is 14.2. The Morgan fingerprint density at radius 2 is 1.97 bits per heavy atom. The second-order valence-electron chi connectivity index (χ2n) is 7.57. The van der Waals surface area contributed by atoms with Crippen molar-refractivity contribution in [3.05, 3.63) is 52.5 Å². The van der Waals surface area contributed by atoms with Crippen LogP contribution in [0.2, 0.25) is 0 Å². The molecule has 0 unspecified atom stereocenters. The number of hydrogen-bond acceptors (Lipinski definition) is 4. The van der Waals surface area contributed by atoms with Gasteiger partial charge in [-0.3, -0.25) is 19.3 Å². The number of aryl methyl sites for hydroxylation is 1. The summed E-state index contributed by atoms with van der Waals surface area (Å²) in [4.78, 5) is 40.9. The summed E-state index contributed by atoms with van der Waals surface area (Å²) in [5.41, 5.74) is 3.02. The maximum atomic E-state index is 13.1. The van der Waals surface area contributed by atoms with Crippen LogP contribution in [0.15, 0.2) is 46.9 Å². The molecule has 3 amide bonds. The molecule has 158 valence electrons. The number of carbonyl (C=O) groups excluding carboxylic acids is 3. The van der Waals surface area contributed by atoms with Crippen molar-refractivity contribution in [3.63, 3.8) is 0 Å². The van der Waals surface area contributed by atoms with Crippen LogP contribution in [0.1, 0.15) is 18.9 Å². The molecule has 0 aromatic heterocycles. The number of amides is 3. The van der Waals surface area contributed by atoms with Crippen LogP contribution in [0.3, 0.4) is 0 Å². The molecule has 1 heterocycles. The molecule has 1 atom stereocenters. The highest BCUT2D eigenvalue weighted by Crippen LogP contribution is 2.31. The standard InChI is InChI=1S/C22H25BrN4O3/c1-14-10-16(8-9-17(14)23)24-21(29)12-26(3)13-22(30)27-15(2)11-20(28)25-18-6-4-5-7-19(18)27/h4-10,15H,11-13H2,1-3H3,(H,24,29)(H,25,28)/t15-/m1/s1. The minimum absolute atomic E-state index is 0.0552. The van der Waals surface area contributed by atoms with Crippen molar-refractivity contribution in [2.24, 2.45) is 0 Å². The molecule has 3 rings (SSSR count). The Morgan fingerprint density at radius 1 is 1.23 bits per heavy atom. The fourth-order valence-corrected chi connectivity index (χ4v) is 3.75. The van der Waals surface area contributed by atoms with E-state index in [9.17, 15) is 14.4 Å². The summed E-state index contributed by atoms with van der Waals surface area (Å²) in [7, 11) is 1.72. The fraction of sp³-hybridized carbons (Fsp3) is 0.318. The van der Waals surface area contributed by atoms with Gasteiger partial charge in [-0.15, -0.1) is 0 Å². The lowest BCUT2D eigenvalue weighted by Crippen LogP contribution is -2.45. The van der Waals surface area contributed by atoms with Crippen LogP contribution >= 0.6 is 15.9 Å². The number of halogens is 1. The van der Waals surface area contributed by atoms with Gasteiger partial charge in [0.1, 0.15) is 0 Å². The zero-order valence-electron chi connectivity index (χ0n) is 17.2. The molecule has 2 N–H and O–H groups in total. The van der Waals surface area contributed by atoms with Crippen LogP contribution in [0.5, 0.6) is 0 Å². The van der Waals surface area contributed by atoms with E-state index in [0.29, 0.717) is 17.1 Å². The molecule has 0 spiro atoms. The summed E-state index contributed by atoms with van der Waals surface area (Å²) in [5, 5.41) is 5.70. The van der Waals surface area contributed by atoms with Gasteiger partial charge in [-0.05, 0) is 56.8 Å². The van der Waals surface area contributed by atoms with Gasteiger partial charge in [-0.2, -0.15) is 0 Å². The Balaban J connectivity index is 1.65. The number of fused-ring (bicyclic) bond motifs is 1. The quantitative estimate of drug-likeness (QED) is 0.698. The maximum Gasteiger partial charge on any atom is 0.241 e. The van der Waals surface area contributed by atoms with Crippen molar-refractivity contribution < 1.29 is 14.4 Å². The number of para-hydroxylation sites is 2. The van der Waals surface area contributed by atoms with Crippen LogP contribution in [-0.4, -0.2) is 48.8 Å². The average molecular weight is 473 g/mol. The molecule has 0 bridgehead atoms. The summed E-state index contributed by atoms with van der Waals surface area (Å²) in [6.07, 6.45) is 0.216. The largest absolute Gasteiger partial charge is 0.325 e. The lowest BCUT2D eigenvalue weighted by molar-refractivity contribution is -0.121. The maximum absolute atomic E-state index is 13.1. The van der Waals surface area contributed by atoms with Crippen LogP contribution in [-0.2, 0) is 14.4 Å². The summed E-state index contributed by atoms with van der Waals surface area (Å²) < 4.78 is 0.975. The molecular formula is C22H25BrN4O3. The van der Waals surface area contributed by atoms with E-state index in [1.807, 2.05) is 50.2 Å². The third kappa shape index (κ3) is 5.25. The van der Waals surface area contributed by atoms with Crippen molar-refractivity contribution in [3.8, 4) is 0 Å². The van der Waals surface area contributed by atoms with E-state index >= 15 is 0 Å². The summed E-state index contributed by atoms with van der Waals surface area (Å²) in [6, 6.07) is 12.5. The van der Waals surface area contributed by atoms with E-state index in [2.05, 4.69) is 26.6 Å². The molecule has 1 aliphatic heterocycles. The molecule has 8 heteroatoms. The van der Waals surface area contributed by atoms with Crippen LogP contribution in [0.4, 0.5) is 17.1 Å². The average Bonchev–Trinajstić information content (AvgIpc) is 2.78. The van der Waals surface area contributed by atoms with Crippen molar-refractivity contribution in [1.29, 1.82) is 0 Å². The topological polar surface area (TPSA) is 81.8 Å². The second kappa shape index (κ2) is 9.40. The lowest BCUT2D eigenvalue weighted by Gasteiger charge is -2.29. The Kier molecular flexibility index (Phi) is 6.89. The minimum atomic E-state index is -0.283. The number of nitrogens with one attached hydrogen (secondary N) is 2. The van der Waals surface area contributed by atoms with E-state index in [0.717, 1.165) is 10.0 Å². The highest BCUT2D eigenvalue weighted by Gasteiger charge is 2.30. The SMILES string of the molecule is Cc1cc(NC(=O)CN(C)CC(=O)N2c3ccccc3NC(=O)C[C@H]2C)ccc1Br. The van der Waals surface area contributed by atoms with E-state index in [-0.39, 0.29) is 43.3 Å². The number of nitrogens with zero attached hydrogens (tertiary/aromatic N) is 2. The van der Waals surface area contributed by atoms with Crippen LogP contribution < -0.4 is 15.5 Å². The highest BCUT2D eigenvalue weighted by atomic mass is 79.9. The van der Waals surface area contributed by atoms with Gasteiger partial charge in [0.25, 0.3) is 0 Å². The van der Waals surface area contributed by atoms with Gasteiger partial charge < -0.3 is 15.5 Å². The summed E-state index contributed by atoms with van der Waals surface area (Å²) in [6.45, 7) is 3.92. The number of likely N-dealkylation sites (N-methyl/N-ethyl adjacent to an activating group) is 1. The molecule has 0 radical (unpaired) electrons. The molecular weight excluding hydrogens is 448 g/mol. The van der Waals surface area contributed by atoms with E-state index in [4.69, 9.17) is 0 Å². The molecule has 7 nitrogen and oxygen atoms in total. The van der Waals surface area contributed by atoms with Gasteiger partial charge in [0, 0.05) is 22.6 Å². The molecule has 0 saturated heterocycles. The van der Waals surface area contributed by atoms with Gasteiger partial charge in [0.05, 0.1) is 24.5 Å². The minimum Gasteiger partial charge on any atom is -0.325 e. The Morgan fingerprint density at radius 3 is 2.70 bits per heavy atom. The van der Waals surface area contributed by atoms with E-state index < -0.39 is 0 Å². The van der Waals surface area contributed by atoms with Gasteiger partial charge >= 0.3 is 0 Å². The summed E-state index contributed by atoms with van der Waals surface area (Å²) >= 11 is 3.44. The van der Waals surface area contributed by atoms with Gasteiger partial charge in [0.15, 0.2) is 0 Å². The molecule has 30 heavy (non-hydrogen) atoms. The second-order valence-corrected chi connectivity index (χ2v) is 8.42. The number of carbonyl (C=O) groups is 3. The van der Waals surface area contributed by atoms with Gasteiger partial charge in [0.2, 0.25) is 17.7 Å². The zero-order chi connectivity index (χ0) is 21.8. The number of rotatable bonds is 5. The van der Waals surface area contributed by atoms with Gasteiger partial charge in [-0.25, -0.2) is 0 Å². The highest BCUT2D eigenvalue weighted by molar-refractivity contribution is 9.10. The molecule has 2 aromatic rings. The molecule has 0 aliphatic carbocycles. The predicted molar refractivity (Wildman–Crippen MR) is 122 cm³/mol. The van der Waals surface area contributed by atoms with Crippen molar-refractivity contribution in [1.82, 2.24) is 4.90 Å². The van der Waals surface area contributed by atoms with Crippen molar-refractivity contribution in [2.75, 3.05) is 35.7 Å². The lowest BCUT2D eigenvalue weighted by atomic mass is 10.1. The molecule has 1 aliphatic rings. The van der Waals surface area contributed by atoms with Gasteiger partial charge in [-0.1, -0.05) is 28.1 Å². The van der Waals surface area contributed by atoms with Crippen LogP contribution in [0, 0.1) is 6.92 Å².